The van der Waals surface area contributed by atoms with E-state index in [1.807, 2.05) is 6.07 Å². The minimum Gasteiger partial charge on any atom is -0.464 e. The molecule has 2 heteroatoms. The first kappa shape index (κ1) is 41.7. The lowest BCUT2D eigenvalue weighted by molar-refractivity contribution is 0.616. The van der Waals surface area contributed by atoms with Gasteiger partial charge < -0.3 is 9.32 Å². The Bertz CT molecular complexity index is 3870. The Labute approximate surface area is 420 Å². The van der Waals surface area contributed by atoms with Crippen molar-refractivity contribution in [1.82, 2.24) is 0 Å². The molecule has 0 saturated carbocycles. The van der Waals surface area contributed by atoms with Gasteiger partial charge in [-0.05, 0) is 144 Å². The molecule has 338 valence electrons. The summed E-state index contributed by atoms with van der Waals surface area (Å²) in [5, 5.41) is 1.11. The van der Waals surface area contributed by atoms with Crippen molar-refractivity contribution in [3.05, 3.63) is 330 Å². The van der Waals surface area contributed by atoms with E-state index in [2.05, 4.69) is 278 Å². The molecule has 2 nitrogen and oxygen atoms in total. The Kier molecular flexibility index (Phi) is 9.69. The molecule has 1 aromatic heterocycles. The lowest BCUT2D eigenvalue weighted by Crippen LogP contribution is -2.28. The third-order valence-corrected chi connectivity index (χ3v) is 15.5. The molecule has 2 aliphatic carbocycles. The van der Waals surface area contributed by atoms with Crippen LogP contribution in [0.1, 0.15) is 44.5 Å². The first-order valence-electron chi connectivity index (χ1n) is 24.9. The second-order valence-electron chi connectivity index (χ2n) is 19.1. The molecule has 0 N–H and O–H groups in total. The maximum Gasteiger partial charge on any atom is 0.133 e. The van der Waals surface area contributed by atoms with Gasteiger partial charge in [-0.2, -0.15) is 0 Å². The van der Waals surface area contributed by atoms with E-state index in [-0.39, 0.29) is 0 Å². The molecular formula is C70H47NO. The first-order valence-corrected chi connectivity index (χ1v) is 24.9. The van der Waals surface area contributed by atoms with Crippen molar-refractivity contribution in [1.29, 1.82) is 0 Å². The summed E-state index contributed by atoms with van der Waals surface area (Å²) in [7, 11) is 0. The van der Waals surface area contributed by atoms with Crippen LogP contribution in [0.3, 0.4) is 0 Å². The van der Waals surface area contributed by atoms with Crippen molar-refractivity contribution in [3.8, 4) is 44.5 Å². The fourth-order valence-corrected chi connectivity index (χ4v) is 12.4. The minimum absolute atomic E-state index is 0.495. The Morgan fingerprint density at radius 2 is 0.667 bits per heavy atom. The predicted molar refractivity (Wildman–Crippen MR) is 296 cm³/mol. The van der Waals surface area contributed by atoms with Crippen LogP contribution < -0.4 is 4.90 Å². The van der Waals surface area contributed by atoms with Gasteiger partial charge in [0.1, 0.15) is 5.58 Å². The van der Waals surface area contributed by atoms with Gasteiger partial charge in [0.25, 0.3) is 0 Å². The van der Waals surface area contributed by atoms with Gasteiger partial charge in [-0.25, -0.2) is 0 Å². The van der Waals surface area contributed by atoms with E-state index in [4.69, 9.17) is 4.42 Å². The molecule has 0 unspecified atom stereocenters. The van der Waals surface area contributed by atoms with E-state index in [1.54, 1.807) is 6.26 Å². The normalized spacial score (nSPS) is 13.5. The van der Waals surface area contributed by atoms with Crippen molar-refractivity contribution in [3.63, 3.8) is 0 Å². The summed E-state index contributed by atoms with van der Waals surface area (Å²) in [6.07, 6.45) is 1.75. The monoisotopic (exact) mass is 917 g/mol. The largest absolute Gasteiger partial charge is 0.464 e. The second-order valence-corrected chi connectivity index (χ2v) is 19.1. The van der Waals surface area contributed by atoms with E-state index in [0.717, 1.165) is 33.6 Å². The topological polar surface area (TPSA) is 16.4 Å². The van der Waals surface area contributed by atoms with Crippen LogP contribution in [0.4, 0.5) is 17.1 Å². The molecule has 12 aromatic rings. The number of hydrogen-bond acceptors (Lipinski definition) is 2. The van der Waals surface area contributed by atoms with Crippen LogP contribution in [0, 0.1) is 0 Å². The SMILES string of the molecule is c1ccc(C2(c3ccccc3)c3ccccc3-c3cc(N(c4ccc(-c5ccc(-c6ccc7occc7c6)cc5)cc4)c4ccc5c(c4)C(c4ccccc4)(c4ccccc4)c4ccccc4-5)ccc32)cc1. The highest BCUT2D eigenvalue weighted by molar-refractivity contribution is 5.93. The predicted octanol–water partition coefficient (Wildman–Crippen LogP) is 18.0. The molecule has 0 radical (unpaired) electrons. The van der Waals surface area contributed by atoms with Gasteiger partial charge in [0.15, 0.2) is 0 Å². The summed E-state index contributed by atoms with van der Waals surface area (Å²) < 4.78 is 5.62. The van der Waals surface area contributed by atoms with Gasteiger partial charge in [-0.15, -0.1) is 0 Å². The van der Waals surface area contributed by atoms with Crippen LogP contribution in [0.2, 0.25) is 0 Å². The Balaban J connectivity index is 0.961. The number of fused-ring (bicyclic) bond motifs is 7. The first-order chi connectivity index (χ1) is 35.7. The molecule has 11 aromatic carbocycles. The van der Waals surface area contributed by atoms with Gasteiger partial charge in [0.2, 0.25) is 0 Å². The fraction of sp³-hybridized carbons (Fsp3) is 0.0286. The molecule has 2 aliphatic rings. The van der Waals surface area contributed by atoms with Crippen LogP contribution in [-0.2, 0) is 10.8 Å². The lowest BCUT2D eigenvalue weighted by atomic mass is 9.67. The summed E-state index contributed by atoms with van der Waals surface area (Å²) in [6, 6.07) is 103. The van der Waals surface area contributed by atoms with Gasteiger partial charge in [-0.3, -0.25) is 0 Å². The summed E-state index contributed by atoms with van der Waals surface area (Å²) in [6.45, 7) is 0. The fourth-order valence-electron chi connectivity index (χ4n) is 12.4. The smallest absolute Gasteiger partial charge is 0.133 e. The van der Waals surface area contributed by atoms with Crippen LogP contribution in [0.5, 0.6) is 0 Å². The van der Waals surface area contributed by atoms with Crippen LogP contribution in [0.25, 0.3) is 55.5 Å². The van der Waals surface area contributed by atoms with Crippen molar-refractivity contribution in [2.45, 2.75) is 10.8 Å². The van der Waals surface area contributed by atoms with Crippen molar-refractivity contribution >= 4 is 28.0 Å². The zero-order chi connectivity index (χ0) is 47.6. The van der Waals surface area contributed by atoms with Gasteiger partial charge >= 0.3 is 0 Å². The standard InChI is InChI=1S/C70H47NO/c1-5-17-53(18-6-1)69(54-19-7-2-8-20-54)65-28-16-14-26-61(65)63-46-58(39-41-66(63)69)71(57-36-33-49(34-37-57)48-29-31-50(32-30-48)51-35-42-68-52(45-51)43-44-72-68)59-38-40-62-60-25-13-15-27-64(60)70(67(62)47-59,55-21-9-3-10-22-55)56-23-11-4-12-24-56/h1-47H. The van der Waals surface area contributed by atoms with E-state index >= 15 is 0 Å². The zero-order valence-electron chi connectivity index (χ0n) is 39.5. The van der Waals surface area contributed by atoms with E-state index in [1.165, 1.54) is 83.5 Å². The number of rotatable bonds is 9. The van der Waals surface area contributed by atoms with Crippen molar-refractivity contribution in [2.24, 2.45) is 0 Å². The highest BCUT2D eigenvalue weighted by Crippen LogP contribution is 2.59. The van der Waals surface area contributed by atoms with Crippen molar-refractivity contribution < 1.29 is 4.42 Å². The lowest BCUT2D eigenvalue weighted by Gasteiger charge is -2.35. The summed E-state index contributed by atoms with van der Waals surface area (Å²) in [5.74, 6) is 0. The summed E-state index contributed by atoms with van der Waals surface area (Å²) in [5.41, 5.74) is 22.9. The molecule has 0 bridgehead atoms. The molecule has 1 heterocycles. The molecule has 72 heavy (non-hydrogen) atoms. The van der Waals surface area contributed by atoms with Gasteiger partial charge in [-0.1, -0.05) is 224 Å². The number of hydrogen-bond donors (Lipinski definition) is 0. The molecular weight excluding hydrogens is 871 g/mol. The molecule has 14 rings (SSSR count). The molecule has 0 fully saturated rings. The van der Waals surface area contributed by atoms with Crippen LogP contribution in [-0.4, -0.2) is 0 Å². The van der Waals surface area contributed by atoms with E-state index in [9.17, 15) is 0 Å². The average molecular weight is 918 g/mol. The average Bonchev–Trinajstić information content (AvgIpc) is 4.15. The molecule has 0 atom stereocenters. The van der Waals surface area contributed by atoms with Crippen LogP contribution >= 0.6 is 0 Å². The third-order valence-electron chi connectivity index (χ3n) is 15.5. The number of nitrogens with zero attached hydrogens (tertiary/aromatic N) is 1. The third kappa shape index (κ3) is 6.29. The van der Waals surface area contributed by atoms with Crippen LogP contribution in [0.15, 0.2) is 290 Å². The molecule has 0 amide bonds. The molecule has 0 aliphatic heterocycles. The number of furan rings is 1. The molecule has 0 spiro atoms. The Morgan fingerprint density at radius 1 is 0.264 bits per heavy atom. The van der Waals surface area contributed by atoms with E-state index < -0.39 is 10.8 Å². The quantitative estimate of drug-likeness (QED) is 0.143. The van der Waals surface area contributed by atoms with Gasteiger partial charge in [0.05, 0.1) is 17.1 Å². The summed E-state index contributed by atoms with van der Waals surface area (Å²) in [4.78, 5) is 2.47. The highest BCUT2D eigenvalue weighted by Gasteiger charge is 2.48. The number of benzene rings is 11. The minimum atomic E-state index is -0.543. The zero-order valence-corrected chi connectivity index (χ0v) is 39.5. The Hall–Kier alpha value is -9.24. The van der Waals surface area contributed by atoms with E-state index in [0.29, 0.717) is 0 Å². The van der Waals surface area contributed by atoms with Crippen molar-refractivity contribution in [2.75, 3.05) is 4.90 Å². The Morgan fingerprint density at radius 3 is 1.24 bits per heavy atom. The summed E-state index contributed by atoms with van der Waals surface area (Å²) >= 11 is 0. The maximum absolute atomic E-state index is 5.62. The van der Waals surface area contributed by atoms with Gasteiger partial charge in [0, 0.05) is 22.4 Å². The molecule has 0 saturated heterocycles. The second kappa shape index (κ2) is 16.7. The highest BCUT2D eigenvalue weighted by atomic mass is 16.3. The number of anilines is 3. The maximum atomic E-state index is 5.62.